The standard InChI is InChI=1S/C15H35N3/c1-8-10-18(13-12-17(6)7)11-9-14(16-5)15(2,3)4/h14,16H,8-13H2,1-7H3. The van der Waals surface area contributed by atoms with Gasteiger partial charge in [0.25, 0.3) is 0 Å². The molecule has 0 radical (unpaired) electrons. The van der Waals surface area contributed by atoms with Crippen LogP contribution in [0.5, 0.6) is 0 Å². The molecule has 0 heterocycles. The van der Waals surface area contributed by atoms with Crippen LogP contribution in [0.15, 0.2) is 0 Å². The lowest BCUT2D eigenvalue weighted by Crippen LogP contribution is -2.42. The molecule has 18 heavy (non-hydrogen) atoms. The lowest BCUT2D eigenvalue weighted by Gasteiger charge is -2.33. The van der Waals surface area contributed by atoms with Gasteiger partial charge in [0.1, 0.15) is 0 Å². The highest BCUT2D eigenvalue weighted by atomic mass is 15.2. The number of likely N-dealkylation sites (N-methyl/N-ethyl adjacent to an activating group) is 1. The predicted octanol–water partition coefficient (Wildman–Crippen LogP) is 2.28. The second kappa shape index (κ2) is 8.89. The van der Waals surface area contributed by atoms with Crippen molar-refractivity contribution in [2.75, 3.05) is 47.3 Å². The summed E-state index contributed by atoms with van der Waals surface area (Å²) in [5.74, 6) is 0. The lowest BCUT2D eigenvalue weighted by molar-refractivity contribution is 0.198. The van der Waals surface area contributed by atoms with E-state index in [4.69, 9.17) is 0 Å². The third kappa shape index (κ3) is 8.06. The SMILES string of the molecule is CCCN(CCC(NC)C(C)(C)C)CCN(C)C. The molecule has 3 nitrogen and oxygen atoms in total. The largest absolute Gasteiger partial charge is 0.316 e. The fourth-order valence-electron chi connectivity index (χ4n) is 2.32. The second-order valence-corrected chi connectivity index (χ2v) is 6.64. The van der Waals surface area contributed by atoms with Crippen molar-refractivity contribution in [2.45, 2.75) is 46.6 Å². The zero-order valence-electron chi connectivity index (χ0n) is 13.7. The topological polar surface area (TPSA) is 18.5 Å². The fraction of sp³-hybridized carbons (Fsp3) is 1.00. The van der Waals surface area contributed by atoms with Crippen molar-refractivity contribution < 1.29 is 0 Å². The van der Waals surface area contributed by atoms with Crippen LogP contribution in [-0.4, -0.2) is 63.2 Å². The number of nitrogens with zero attached hydrogens (tertiary/aromatic N) is 2. The molecule has 0 aliphatic carbocycles. The third-order valence-electron chi connectivity index (χ3n) is 3.53. The summed E-state index contributed by atoms with van der Waals surface area (Å²) >= 11 is 0. The quantitative estimate of drug-likeness (QED) is 0.684. The molecule has 3 heteroatoms. The molecule has 1 N–H and O–H groups in total. The molecule has 0 saturated heterocycles. The number of hydrogen-bond acceptors (Lipinski definition) is 3. The fourth-order valence-corrected chi connectivity index (χ4v) is 2.32. The van der Waals surface area contributed by atoms with E-state index in [1.54, 1.807) is 0 Å². The Hall–Kier alpha value is -0.120. The highest BCUT2D eigenvalue weighted by Gasteiger charge is 2.23. The molecule has 0 bridgehead atoms. The normalized spacial score (nSPS) is 14.5. The molecule has 0 aromatic heterocycles. The predicted molar refractivity (Wildman–Crippen MR) is 82.2 cm³/mol. The summed E-state index contributed by atoms with van der Waals surface area (Å²) in [6, 6.07) is 0.594. The maximum absolute atomic E-state index is 3.47. The van der Waals surface area contributed by atoms with Crippen molar-refractivity contribution >= 4 is 0 Å². The summed E-state index contributed by atoms with van der Waals surface area (Å²) in [6.07, 6.45) is 2.47. The van der Waals surface area contributed by atoms with Gasteiger partial charge in [-0.05, 0) is 52.5 Å². The van der Waals surface area contributed by atoms with Gasteiger partial charge in [0.2, 0.25) is 0 Å². The highest BCUT2D eigenvalue weighted by molar-refractivity contribution is 4.80. The molecule has 110 valence electrons. The number of nitrogens with one attached hydrogen (secondary N) is 1. The lowest BCUT2D eigenvalue weighted by atomic mass is 9.85. The molecule has 1 unspecified atom stereocenters. The molecule has 0 aliphatic rings. The molecule has 0 aliphatic heterocycles. The van der Waals surface area contributed by atoms with Crippen LogP contribution in [0.3, 0.4) is 0 Å². The van der Waals surface area contributed by atoms with Crippen LogP contribution in [0.25, 0.3) is 0 Å². The zero-order chi connectivity index (χ0) is 14.2. The Balaban J connectivity index is 4.15. The minimum atomic E-state index is 0.341. The van der Waals surface area contributed by atoms with Gasteiger partial charge in [0.15, 0.2) is 0 Å². The van der Waals surface area contributed by atoms with E-state index in [9.17, 15) is 0 Å². The average Bonchev–Trinajstić information content (AvgIpc) is 2.24. The smallest absolute Gasteiger partial charge is 0.0125 e. The van der Waals surface area contributed by atoms with Crippen LogP contribution in [0, 0.1) is 5.41 Å². The minimum Gasteiger partial charge on any atom is -0.316 e. The summed E-state index contributed by atoms with van der Waals surface area (Å²) in [5.41, 5.74) is 0.341. The molecule has 0 amide bonds. The molecule has 0 fully saturated rings. The van der Waals surface area contributed by atoms with Gasteiger partial charge in [0, 0.05) is 19.1 Å². The Labute approximate surface area is 115 Å². The molecule has 0 aromatic rings. The van der Waals surface area contributed by atoms with Gasteiger partial charge >= 0.3 is 0 Å². The second-order valence-electron chi connectivity index (χ2n) is 6.64. The Morgan fingerprint density at radius 1 is 1.00 bits per heavy atom. The first-order valence-electron chi connectivity index (χ1n) is 7.35. The molecule has 0 spiro atoms. The first kappa shape index (κ1) is 17.9. The maximum atomic E-state index is 3.47. The van der Waals surface area contributed by atoms with Gasteiger partial charge in [-0.25, -0.2) is 0 Å². The van der Waals surface area contributed by atoms with Crippen molar-refractivity contribution in [3.05, 3.63) is 0 Å². The maximum Gasteiger partial charge on any atom is 0.0125 e. The zero-order valence-corrected chi connectivity index (χ0v) is 13.7. The van der Waals surface area contributed by atoms with Crippen LogP contribution in [-0.2, 0) is 0 Å². The number of rotatable bonds is 9. The van der Waals surface area contributed by atoms with E-state index in [1.165, 1.54) is 32.5 Å². The van der Waals surface area contributed by atoms with Gasteiger partial charge in [-0.2, -0.15) is 0 Å². The first-order valence-corrected chi connectivity index (χ1v) is 7.35. The Morgan fingerprint density at radius 2 is 1.61 bits per heavy atom. The van der Waals surface area contributed by atoms with E-state index in [2.05, 4.69) is 64.0 Å². The summed E-state index contributed by atoms with van der Waals surface area (Å²) in [6.45, 7) is 14.0. The molecular weight excluding hydrogens is 222 g/mol. The molecule has 0 aromatic carbocycles. The van der Waals surface area contributed by atoms with E-state index in [1.807, 2.05) is 0 Å². The van der Waals surface area contributed by atoms with Gasteiger partial charge in [-0.1, -0.05) is 27.7 Å². The van der Waals surface area contributed by atoms with Gasteiger partial charge < -0.3 is 15.1 Å². The third-order valence-corrected chi connectivity index (χ3v) is 3.53. The van der Waals surface area contributed by atoms with Crippen molar-refractivity contribution in [3.63, 3.8) is 0 Å². The van der Waals surface area contributed by atoms with Crippen molar-refractivity contribution in [1.82, 2.24) is 15.1 Å². The van der Waals surface area contributed by atoms with Gasteiger partial charge in [0.05, 0.1) is 0 Å². The highest BCUT2D eigenvalue weighted by Crippen LogP contribution is 2.21. The summed E-state index contributed by atoms with van der Waals surface area (Å²) in [4.78, 5) is 4.86. The van der Waals surface area contributed by atoms with Crippen molar-refractivity contribution in [3.8, 4) is 0 Å². The minimum absolute atomic E-state index is 0.341. The van der Waals surface area contributed by atoms with Gasteiger partial charge in [-0.3, -0.25) is 0 Å². The molecular formula is C15H35N3. The van der Waals surface area contributed by atoms with E-state index >= 15 is 0 Å². The Morgan fingerprint density at radius 3 is 2.00 bits per heavy atom. The Bertz CT molecular complexity index is 196. The van der Waals surface area contributed by atoms with Crippen LogP contribution in [0.2, 0.25) is 0 Å². The van der Waals surface area contributed by atoms with Crippen LogP contribution < -0.4 is 5.32 Å². The average molecular weight is 257 g/mol. The van der Waals surface area contributed by atoms with E-state index < -0.39 is 0 Å². The molecule has 0 rings (SSSR count). The monoisotopic (exact) mass is 257 g/mol. The van der Waals surface area contributed by atoms with E-state index in [0.29, 0.717) is 11.5 Å². The number of hydrogen-bond donors (Lipinski definition) is 1. The van der Waals surface area contributed by atoms with E-state index in [0.717, 1.165) is 6.54 Å². The van der Waals surface area contributed by atoms with Gasteiger partial charge in [-0.15, -0.1) is 0 Å². The van der Waals surface area contributed by atoms with Crippen LogP contribution >= 0.6 is 0 Å². The molecule has 0 saturated carbocycles. The van der Waals surface area contributed by atoms with Crippen molar-refractivity contribution in [1.29, 1.82) is 0 Å². The van der Waals surface area contributed by atoms with Crippen LogP contribution in [0.1, 0.15) is 40.5 Å². The Kier molecular flexibility index (Phi) is 8.83. The summed E-state index contributed by atoms with van der Waals surface area (Å²) in [5, 5.41) is 3.47. The summed E-state index contributed by atoms with van der Waals surface area (Å²) in [7, 11) is 6.38. The van der Waals surface area contributed by atoms with E-state index in [-0.39, 0.29) is 0 Å². The first-order chi connectivity index (χ1) is 8.31. The van der Waals surface area contributed by atoms with Crippen molar-refractivity contribution in [2.24, 2.45) is 5.41 Å². The molecule has 1 atom stereocenters. The van der Waals surface area contributed by atoms with Crippen LogP contribution in [0.4, 0.5) is 0 Å². The summed E-state index contributed by atoms with van der Waals surface area (Å²) < 4.78 is 0.